The average molecular weight is 497 g/mol. The van der Waals surface area contributed by atoms with Crippen LogP contribution in [0.2, 0.25) is 0 Å². The van der Waals surface area contributed by atoms with Crippen molar-refractivity contribution < 1.29 is 9.53 Å². The third kappa shape index (κ3) is 3.76. The predicted molar refractivity (Wildman–Crippen MR) is 134 cm³/mol. The van der Waals surface area contributed by atoms with Crippen LogP contribution < -0.4 is 0 Å². The Morgan fingerprint density at radius 2 is 1.97 bits per heavy atom. The molecule has 1 saturated heterocycles. The Morgan fingerprint density at radius 1 is 1.16 bits per heavy atom. The number of likely N-dealkylation sites (tertiary alicyclic amines) is 1. The van der Waals surface area contributed by atoms with E-state index >= 15 is 0 Å². The Balaban J connectivity index is 1.33. The van der Waals surface area contributed by atoms with Gasteiger partial charge in [0.15, 0.2) is 5.82 Å². The molecule has 0 unspecified atom stereocenters. The molecule has 5 aromatic heterocycles. The van der Waals surface area contributed by atoms with Crippen LogP contribution in [0.1, 0.15) is 27.2 Å². The molecule has 0 radical (unpaired) electrons. The molecule has 0 bridgehead atoms. The number of hydrogen-bond acceptors (Lipinski definition) is 8. The summed E-state index contributed by atoms with van der Waals surface area (Å²) in [7, 11) is 0. The maximum Gasteiger partial charge on any atom is 0.410 e. The van der Waals surface area contributed by atoms with Crippen molar-refractivity contribution in [2.45, 2.75) is 38.3 Å². The zero-order chi connectivity index (χ0) is 25.8. The lowest BCUT2D eigenvalue weighted by atomic mass is 9.87. The Bertz CT molecular complexity index is 1680. The second kappa shape index (κ2) is 8.12. The van der Waals surface area contributed by atoms with Gasteiger partial charge in [-0.1, -0.05) is 0 Å². The molecule has 12 heteroatoms. The Hall–Kier alpha value is -4.79. The monoisotopic (exact) mass is 496 g/mol. The highest BCUT2D eigenvalue weighted by Gasteiger charge is 2.48. The lowest BCUT2D eigenvalue weighted by Crippen LogP contribution is -2.64. The van der Waals surface area contributed by atoms with Crippen LogP contribution in [0.15, 0.2) is 49.6 Å². The molecule has 186 valence electrons. The maximum absolute atomic E-state index is 12.5. The highest BCUT2D eigenvalue weighted by atomic mass is 16.6. The molecular formula is C25H24N10O2. The third-order valence-electron chi connectivity index (χ3n) is 6.41. The number of rotatable bonds is 4. The molecular weight excluding hydrogens is 472 g/mol. The SMILES string of the molecule is CC(C)(C)OC(=O)N1CC(CC#N)(n2cc(-c3ncnc4c3ccn4-c3ncnc4[nH]ccc34)cn2)C1. The Morgan fingerprint density at radius 3 is 2.76 bits per heavy atom. The van der Waals surface area contributed by atoms with E-state index < -0.39 is 17.2 Å². The zero-order valence-electron chi connectivity index (χ0n) is 20.6. The number of aromatic amines is 1. The van der Waals surface area contributed by atoms with Crippen molar-refractivity contribution in [2.75, 3.05) is 13.1 Å². The van der Waals surface area contributed by atoms with Gasteiger partial charge in [0.05, 0.1) is 42.9 Å². The van der Waals surface area contributed by atoms with Crippen molar-refractivity contribution in [3.63, 3.8) is 0 Å². The molecule has 6 heterocycles. The van der Waals surface area contributed by atoms with Gasteiger partial charge in [-0.25, -0.2) is 24.7 Å². The lowest BCUT2D eigenvalue weighted by molar-refractivity contribution is -0.0314. The fourth-order valence-electron chi connectivity index (χ4n) is 4.71. The molecule has 6 rings (SSSR count). The number of ether oxygens (including phenoxy) is 1. The highest BCUT2D eigenvalue weighted by molar-refractivity contribution is 5.93. The highest BCUT2D eigenvalue weighted by Crippen LogP contribution is 2.35. The summed E-state index contributed by atoms with van der Waals surface area (Å²) < 4.78 is 9.15. The van der Waals surface area contributed by atoms with Gasteiger partial charge in [-0.15, -0.1) is 0 Å². The van der Waals surface area contributed by atoms with Gasteiger partial charge in [-0.2, -0.15) is 10.4 Å². The maximum atomic E-state index is 12.5. The summed E-state index contributed by atoms with van der Waals surface area (Å²) in [6.45, 7) is 6.16. The molecule has 1 N–H and O–H groups in total. The first-order valence-corrected chi connectivity index (χ1v) is 11.8. The van der Waals surface area contributed by atoms with E-state index in [1.165, 1.54) is 12.7 Å². The van der Waals surface area contributed by atoms with Crippen molar-refractivity contribution in [3.05, 3.63) is 49.6 Å². The number of H-pyrrole nitrogens is 1. The topological polar surface area (TPSA) is 143 Å². The predicted octanol–water partition coefficient (Wildman–Crippen LogP) is 3.41. The van der Waals surface area contributed by atoms with Crippen molar-refractivity contribution in [1.29, 1.82) is 5.26 Å². The number of fused-ring (bicyclic) bond motifs is 2. The van der Waals surface area contributed by atoms with Gasteiger partial charge in [0.1, 0.15) is 35.1 Å². The largest absolute Gasteiger partial charge is 0.444 e. The summed E-state index contributed by atoms with van der Waals surface area (Å²) in [6, 6.07) is 6.12. The molecule has 1 aliphatic heterocycles. The first-order valence-electron chi connectivity index (χ1n) is 11.8. The van der Waals surface area contributed by atoms with E-state index in [0.29, 0.717) is 30.2 Å². The van der Waals surface area contributed by atoms with Crippen LogP contribution >= 0.6 is 0 Å². The van der Waals surface area contributed by atoms with E-state index in [0.717, 1.165) is 22.0 Å². The van der Waals surface area contributed by atoms with E-state index in [-0.39, 0.29) is 6.42 Å². The zero-order valence-corrected chi connectivity index (χ0v) is 20.6. The first kappa shape index (κ1) is 22.7. The van der Waals surface area contributed by atoms with Crippen LogP contribution in [0.25, 0.3) is 39.1 Å². The number of nitrogens with zero attached hydrogens (tertiary/aromatic N) is 9. The van der Waals surface area contributed by atoms with E-state index in [1.54, 1.807) is 15.8 Å². The van der Waals surface area contributed by atoms with Crippen LogP contribution in [0.5, 0.6) is 0 Å². The molecule has 5 aromatic rings. The van der Waals surface area contributed by atoms with Crippen LogP contribution in [0, 0.1) is 11.3 Å². The van der Waals surface area contributed by atoms with Gasteiger partial charge < -0.3 is 14.6 Å². The third-order valence-corrected chi connectivity index (χ3v) is 6.41. The number of aromatic nitrogens is 8. The van der Waals surface area contributed by atoms with Gasteiger partial charge in [-0.05, 0) is 32.9 Å². The lowest BCUT2D eigenvalue weighted by Gasteiger charge is -2.48. The number of amides is 1. The standard InChI is InChI=1S/C25H24N10O2/c1-24(2,3)37-23(36)33-12-25(13-33,6-7-26)35-11-16(10-32-35)19-17-5-9-34(21(17)30-14-28-19)22-18-4-8-27-20(18)29-15-31-22/h4-5,8-11,14-15H,6,12-13H2,1-3H3,(H,27,29,31). The smallest absolute Gasteiger partial charge is 0.410 e. The van der Waals surface area contributed by atoms with Gasteiger partial charge >= 0.3 is 6.09 Å². The number of carbonyl (C=O) groups is 1. The molecule has 0 aromatic carbocycles. The summed E-state index contributed by atoms with van der Waals surface area (Å²) in [5.74, 6) is 0.714. The van der Waals surface area contributed by atoms with Crippen LogP contribution in [0.4, 0.5) is 4.79 Å². The van der Waals surface area contributed by atoms with E-state index in [1.807, 2.05) is 56.1 Å². The molecule has 37 heavy (non-hydrogen) atoms. The molecule has 0 aliphatic carbocycles. The van der Waals surface area contributed by atoms with Crippen molar-refractivity contribution >= 4 is 28.2 Å². The fraction of sp³-hybridized carbons (Fsp3) is 0.320. The van der Waals surface area contributed by atoms with Gasteiger partial charge in [-0.3, -0.25) is 9.25 Å². The fourth-order valence-corrected chi connectivity index (χ4v) is 4.71. The summed E-state index contributed by atoms with van der Waals surface area (Å²) >= 11 is 0. The summed E-state index contributed by atoms with van der Waals surface area (Å²) in [5, 5.41) is 15.8. The van der Waals surface area contributed by atoms with E-state index in [2.05, 4.69) is 36.1 Å². The van der Waals surface area contributed by atoms with Crippen molar-refractivity contribution in [3.8, 4) is 23.1 Å². The van der Waals surface area contributed by atoms with Gasteiger partial charge in [0.25, 0.3) is 0 Å². The molecule has 1 aliphatic rings. The minimum atomic E-state index is -0.622. The second-order valence-corrected chi connectivity index (χ2v) is 10.2. The van der Waals surface area contributed by atoms with E-state index in [4.69, 9.17) is 4.74 Å². The molecule has 0 atom stereocenters. The number of nitriles is 1. The number of carbonyl (C=O) groups excluding carboxylic acids is 1. The normalized spacial score (nSPS) is 15.0. The summed E-state index contributed by atoms with van der Waals surface area (Å²) in [5.41, 5.74) is 1.73. The Labute approximate surface area is 211 Å². The van der Waals surface area contributed by atoms with Gasteiger partial charge in [0, 0.05) is 29.5 Å². The van der Waals surface area contributed by atoms with Crippen molar-refractivity contribution in [2.24, 2.45) is 0 Å². The second-order valence-electron chi connectivity index (χ2n) is 10.2. The molecule has 12 nitrogen and oxygen atoms in total. The number of hydrogen-bond donors (Lipinski definition) is 1. The Kier molecular flexibility index (Phi) is 4.98. The minimum absolute atomic E-state index is 0.212. The first-order chi connectivity index (χ1) is 17.8. The molecule has 1 amide bonds. The van der Waals surface area contributed by atoms with Crippen LogP contribution in [-0.2, 0) is 10.3 Å². The van der Waals surface area contributed by atoms with Crippen molar-refractivity contribution in [1.82, 2.24) is 44.2 Å². The number of nitrogens with one attached hydrogen (secondary N) is 1. The quantitative estimate of drug-likeness (QED) is 0.399. The van der Waals surface area contributed by atoms with Crippen LogP contribution in [0.3, 0.4) is 0 Å². The summed E-state index contributed by atoms with van der Waals surface area (Å²) in [4.78, 5) is 35.0. The summed E-state index contributed by atoms with van der Waals surface area (Å²) in [6.07, 6.45) is 10.2. The van der Waals surface area contributed by atoms with Crippen LogP contribution in [-0.4, -0.2) is 69.0 Å². The minimum Gasteiger partial charge on any atom is -0.444 e. The molecule has 0 spiro atoms. The van der Waals surface area contributed by atoms with Gasteiger partial charge in [0.2, 0.25) is 0 Å². The van der Waals surface area contributed by atoms with E-state index in [9.17, 15) is 10.1 Å². The molecule has 1 fully saturated rings. The molecule has 0 saturated carbocycles. The average Bonchev–Trinajstić information content (AvgIpc) is 3.59.